The molecule has 0 radical (unpaired) electrons. The Labute approximate surface area is 96.9 Å². The molecular formula is C12H10O5. The van der Waals surface area contributed by atoms with Gasteiger partial charge in [-0.1, -0.05) is 6.07 Å². The van der Waals surface area contributed by atoms with Crippen LogP contribution in [0.4, 0.5) is 0 Å². The number of hydrogen-bond acceptors (Lipinski definition) is 4. The van der Waals surface area contributed by atoms with Crippen molar-refractivity contribution >= 4 is 5.97 Å². The fraction of sp³-hybridized carbons (Fsp3) is 0.0833. The van der Waals surface area contributed by atoms with Crippen LogP contribution in [-0.2, 0) is 6.61 Å². The third kappa shape index (κ3) is 2.78. The van der Waals surface area contributed by atoms with E-state index >= 15 is 0 Å². The van der Waals surface area contributed by atoms with Gasteiger partial charge in [-0.2, -0.15) is 0 Å². The Balaban J connectivity index is 2.00. The second-order valence-corrected chi connectivity index (χ2v) is 3.36. The van der Waals surface area contributed by atoms with E-state index in [2.05, 4.69) is 0 Å². The largest absolute Gasteiger partial charge is 0.508 e. The van der Waals surface area contributed by atoms with E-state index in [9.17, 15) is 9.90 Å². The van der Waals surface area contributed by atoms with Crippen molar-refractivity contribution in [3.63, 3.8) is 0 Å². The molecule has 17 heavy (non-hydrogen) atoms. The van der Waals surface area contributed by atoms with Gasteiger partial charge in [0.05, 0.1) is 0 Å². The van der Waals surface area contributed by atoms with E-state index in [0.29, 0.717) is 11.5 Å². The molecule has 0 spiro atoms. The molecule has 0 fully saturated rings. The van der Waals surface area contributed by atoms with Gasteiger partial charge in [0.2, 0.25) is 5.76 Å². The Hall–Kier alpha value is -2.43. The first-order valence-electron chi connectivity index (χ1n) is 4.89. The highest BCUT2D eigenvalue weighted by molar-refractivity contribution is 5.84. The minimum atomic E-state index is -1.12. The average Bonchev–Trinajstić information content (AvgIpc) is 2.75. The molecule has 5 heteroatoms. The lowest BCUT2D eigenvalue weighted by molar-refractivity contribution is 0.0658. The monoisotopic (exact) mass is 234 g/mol. The number of carbonyl (C=O) groups is 1. The molecule has 1 aromatic heterocycles. The lowest BCUT2D eigenvalue weighted by atomic mass is 10.3. The van der Waals surface area contributed by atoms with Gasteiger partial charge in [-0.15, -0.1) is 0 Å². The number of carboxylic acid groups (broad SMARTS) is 1. The van der Waals surface area contributed by atoms with Crippen molar-refractivity contribution < 1.29 is 24.2 Å². The van der Waals surface area contributed by atoms with Gasteiger partial charge >= 0.3 is 5.97 Å². The molecule has 0 saturated heterocycles. The highest BCUT2D eigenvalue weighted by Gasteiger charge is 2.09. The number of phenolic OH excluding ortho intramolecular Hbond substituents is 1. The van der Waals surface area contributed by atoms with Crippen LogP contribution in [0.3, 0.4) is 0 Å². The van der Waals surface area contributed by atoms with Gasteiger partial charge in [0.15, 0.2) is 0 Å². The van der Waals surface area contributed by atoms with Gasteiger partial charge in [-0.05, 0) is 24.3 Å². The number of furan rings is 1. The number of aromatic hydroxyl groups is 1. The summed E-state index contributed by atoms with van der Waals surface area (Å²) >= 11 is 0. The number of carboxylic acids is 1. The molecule has 0 atom stereocenters. The molecule has 2 rings (SSSR count). The van der Waals surface area contributed by atoms with Gasteiger partial charge in [0, 0.05) is 6.07 Å². The minimum Gasteiger partial charge on any atom is -0.508 e. The molecule has 0 aliphatic heterocycles. The zero-order valence-corrected chi connectivity index (χ0v) is 8.79. The third-order valence-electron chi connectivity index (χ3n) is 2.07. The second-order valence-electron chi connectivity index (χ2n) is 3.36. The predicted molar refractivity (Wildman–Crippen MR) is 58.1 cm³/mol. The normalized spacial score (nSPS) is 10.1. The molecule has 1 aromatic carbocycles. The van der Waals surface area contributed by atoms with Crippen LogP contribution in [0.25, 0.3) is 0 Å². The van der Waals surface area contributed by atoms with Crippen molar-refractivity contribution in [3.8, 4) is 11.5 Å². The highest BCUT2D eigenvalue weighted by Crippen LogP contribution is 2.19. The topological polar surface area (TPSA) is 79.9 Å². The third-order valence-corrected chi connectivity index (χ3v) is 2.07. The van der Waals surface area contributed by atoms with Crippen LogP contribution in [0.2, 0.25) is 0 Å². The summed E-state index contributed by atoms with van der Waals surface area (Å²) in [6, 6.07) is 9.22. The van der Waals surface area contributed by atoms with Crippen LogP contribution in [0.5, 0.6) is 11.5 Å². The molecule has 5 nitrogen and oxygen atoms in total. The summed E-state index contributed by atoms with van der Waals surface area (Å²) in [6.45, 7) is 0.108. The van der Waals surface area contributed by atoms with Crippen molar-refractivity contribution in [2.45, 2.75) is 6.61 Å². The number of ether oxygens (including phenoxy) is 1. The van der Waals surface area contributed by atoms with Gasteiger partial charge in [-0.25, -0.2) is 4.79 Å². The number of phenols is 1. The van der Waals surface area contributed by atoms with Crippen molar-refractivity contribution in [3.05, 3.63) is 47.9 Å². The molecule has 0 bridgehead atoms. The summed E-state index contributed by atoms with van der Waals surface area (Å²) in [5.41, 5.74) is 0. The van der Waals surface area contributed by atoms with Gasteiger partial charge < -0.3 is 19.4 Å². The Morgan fingerprint density at radius 3 is 2.76 bits per heavy atom. The fourth-order valence-electron chi connectivity index (χ4n) is 1.30. The molecule has 88 valence electrons. The SMILES string of the molecule is O=C(O)c1ccc(COc2cccc(O)c2)o1. The standard InChI is InChI=1S/C12H10O5/c13-8-2-1-3-9(6-8)16-7-10-4-5-11(17-10)12(14)15/h1-6,13H,7H2,(H,14,15). The lowest BCUT2D eigenvalue weighted by Crippen LogP contribution is -1.95. The fourth-order valence-corrected chi connectivity index (χ4v) is 1.30. The minimum absolute atomic E-state index is 0.105. The quantitative estimate of drug-likeness (QED) is 0.848. The molecule has 0 aliphatic rings. The maximum Gasteiger partial charge on any atom is 0.371 e. The van der Waals surface area contributed by atoms with Gasteiger partial charge in [-0.3, -0.25) is 0 Å². The van der Waals surface area contributed by atoms with Crippen LogP contribution < -0.4 is 4.74 Å². The van der Waals surface area contributed by atoms with E-state index in [1.165, 1.54) is 24.3 Å². The number of benzene rings is 1. The van der Waals surface area contributed by atoms with E-state index in [4.69, 9.17) is 14.3 Å². The van der Waals surface area contributed by atoms with Crippen molar-refractivity contribution in [2.75, 3.05) is 0 Å². The van der Waals surface area contributed by atoms with Gasteiger partial charge in [0.25, 0.3) is 0 Å². The van der Waals surface area contributed by atoms with Crippen LogP contribution in [0.1, 0.15) is 16.3 Å². The Morgan fingerprint density at radius 2 is 2.12 bits per heavy atom. The Bertz CT molecular complexity index is 529. The first kappa shape index (κ1) is 11.1. The van der Waals surface area contributed by atoms with Crippen LogP contribution >= 0.6 is 0 Å². The summed E-state index contributed by atoms with van der Waals surface area (Å²) in [7, 11) is 0. The first-order valence-corrected chi connectivity index (χ1v) is 4.89. The summed E-state index contributed by atoms with van der Waals surface area (Å²) in [5.74, 6) is -0.245. The summed E-state index contributed by atoms with van der Waals surface area (Å²) < 4.78 is 10.3. The van der Waals surface area contributed by atoms with Crippen molar-refractivity contribution in [1.29, 1.82) is 0 Å². The van der Waals surface area contributed by atoms with Gasteiger partial charge in [0.1, 0.15) is 23.9 Å². The van der Waals surface area contributed by atoms with Crippen molar-refractivity contribution in [2.24, 2.45) is 0 Å². The van der Waals surface area contributed by atoms with E-state index in [0.717, 1.165) is 0 Å². The number of rotatable bonds is 4. The van der Waals surface area contributed by atoms with Crippen molar-refractivity contribution in [1.82, 2.24) is 0 Å². The average molecular weight is 234 g/mol. The lowest BCUT2D eigenvalue weighted by Gasteiger charge is -2.03. The molecule has 1 heterocycles. The van der Waals surface area contributed by atoms with E-state index in [1.54, 1.807) is 12.1 Å². The maximum atomic E-state index is 10.6. The van der Waals surface area contributed by atoms with Crippen LogP contribution in [0, 0.1) is 0 Å². The second kappa shape index (κ2) is 4.61. The maximum absolute atomic E-state index is 10.6. The molecule has 0 aliphatic carbocycles. The highest BCUT2D eigenvalue weighted by atomic mass is 16.5. The number of hydrogen-bond donors (Lipinski definition) is 2. The zero-order chi connectivity index (χ0) is 12.3. The van der Waals surface area contributed by atoms with E-state index < -0.39 is 5.97 Å². The van der Waals surface area contributed by atoms with E-state index in [-0.39, 0.29) is 18.1 Å². The first-order chi connectivity index (χ1) is 8.15. The molecule has 0 amide bonds. The zero-order valence-electron chi connectivity index (χ0n) is 8.79. The summed E-state index contributed by atoms with van der Waals surface area (Å²) in [6.07, 6.45) is 0. The van der Waals surface area contributed by atoms with E-state index in [1.807, 2.05) is 0 Å². The molecule has 0 unspecified atom stereocenters. The smallest absolute Gasteiger partial charge is 0.371 e. The Morgan fingerprint density at radius 1 is 1.29 bits per heavy atom. The predicted octanol–water partition coefficient (Wildman–Crippen LogP) is 2.26. The molecule has 0 saturated carbocycles. The Kier molecular flexibility index (Phi) is 3.00. The molecule has 2 aromatic rings. The van der Waals surface area contributed by atoms with Crippen LogP contribution in [0.15, 0.2) is 40.8 Å². The number of aromatic carboxylic acids is 1. The summed E-state index contributed by atoms with van der Waals surface area (Å²) in [5, 5.41) is 17.9. The molecular weight excluding hydrogens is 224 g/mol. The summed E-state index contributed by atoms with van der Waals surface area (Å²) in [4.78, 5) is 10.6. The van der Waals surface area contributed by atoms with Crippen LogP contribution in [-0.4, -0.2) is 16.2 Å². The molecule has 2 N–H and O–H groups in total.